The molecule has 1 N–H and O–H groups in total. The molecule has 0 radical (unpaired) electrons. The van der Waals surface area contributed by atoms with Crippen LogP contribution in [0.2, 0.25) is 0 Å². The molecule has 1 saturated heterocycles. The Labute approximate surface area is 267 Å². The molecule has 10 heteroatoms. The first kappa shape index (κ1) is 31.7. The number of aryl methyl sites for hydroxylation is 1. The lowest BCUT2D eigenvalue weighted by Crippen LogP contribution is -2.61. The highest BCUT2D eigenvalue weighted by Gasteiger charge is 2.43. The van der Waals surface area contributed by atoms with Crippen molar-refractivity contribution >= 4 is 17.4 Å². The zero-order valence-electron chi connectivity index (χ0n) is 26.0. The Bertz CT molecular complexity index is 1640. The van der Waals surface area contributed by atoms with Crippen LogP contribution in [-0.2, 0) is 22.6 Å². The number of hydrogen-bond acceptors (Lipinski definition) is 5. The molecular formula is C36H38F3N3O4. The maximum Gasteiger partial charge on any atom is 0.252 e. The predicted molar refractivity (Wildman–Crippen MR) is 168 cm³/mol. The summed E-state index contributed by atoms with van der Waals surface area (Å²) in [7, 11) is 1.63. The van der Waals surface area contributed by atoms with Gasteiger partial charge in [0, 0.05) is 49.8 Å². The molecule has 46 heavy (non-hydrogen) atoms. The zero-order chi connectivity index (χ0) is 32.4. The number of amides is 2. The normalized spacial score (nSPS) is 19.2. The number of halogens is 3. The van der Waals surface area contributed by atoms with Crippen LogP contribution in [0.25, 0.3) is 5.57 Å². The number of hydrogen-bond donors (Lipinski definition) is 1. The van der Waals surface area contributed by atoms with E-state index in [2.05, 4.69) is 5.32 Å². The Hall–Kier alpha value is -4.31. The first-order valence-electron chi connectivity index (χ1n) is 15.8. The van der Waals surface area contributed by atoms with Crippen LogP contribution in [0.5, 0.6) is 11.5 Å². The summed E-state index contributed by atoms with van der Waals surface area (Å²) in [6.45, 7) is 3.03. The van der Waals surface area contributed by atoms with E-state index in [1.807, 2.05) is 58.3 Å². The third-order valence-electron chi connectivity index (χ3n) is 9.02. The average molecular weight is 634 g/mol. The van der Waals surface area contributed by atoms with Crippen molar-refractivity contribution in [2.75, 3.05) is 26.8 Å². The largest absolute Gasteiger partial charge is 0.496 e. The van der Waals surface area contributed by atoms with Gasteiger partial charge in [-0.05, 0) is 67.0 Å². The maximum atomic E-state index is 14.6. The lowest BCUT2D eigenvalue weighted by Gasteiger charge is -2.44. The quantitative estimate of drug-likeness (QED) is 0.218. The second kappa shape index (κ2) is 13.6. The van der Waals surface area contributed by atoms with E-state index in [4.69, 9.17) is 9.47 Å². The van der Waals surface area contributed by atoms with E-state index in [-0.39, 0.29) is 36.5 Å². The third kappa shape index (κ3) is 6.77. The van der Waals surface area contributed by atoms with E-state index in [9.17, 15) is 22.8 Å². The van der Waals surface area contributed by atoms with Gasteiger partial charge in [-0.15, -0.1) is 0 Å². The second-order valence-corrected chi connectivity index (χ2v) is 12.2. The number of para-hydroxylation sites is 1. The highest BCUT2D eigenvalue weighted by molar-refractivity contribution is 6.03. The molecule has 3 aromatic rings. The lowest BCUT2D eigenvalue weighted by atomic mass is 9.82. The summed E-state index contributed by atoms with van der Waals surface area (Å²) in [4.78, 5) is 30.8. The Morgan fingerprint density at radius 1 is 0.978 bits per heavy atom. The van der Waals surface area contributed by atoms with Crippen LogP contribution in [0.15, 0.2) is 66.2 Å². The number of benzene rings is 3. The summed E-state index contributed by atoms with van der Waals surface area (Å²) < 4.78 is 52.1. The van der Waals surface area contributed by atoms with E-state index in [0.29, 0.717) is 44.5 Å². The van der Waals surface area contributed by atoms with Gasteiger partial charge in [0.1, 0.15) is 5.75 Å². The van der Waals surface area contributed by atoms with Crippen molar-refractivity contribution < 1.29 is 32.2 Å². The van der Waals surface area contributed by atoms with Crippen LogP contribution in [0.3, 0.4) is 0 Å². The van der Waals surface area contributed by atoms with Crippen molar-refractivity contribution in [3.05, 3.63) is 100 Å². The standard InChI is InChI=1S/C36H38F3N3O4/c1-22(43)41-20-26-18-28(24-11-9-23(10-12-24)6-5-17-46-35-30(38)16-15-29(37)34(35)39)33(31(21-41)40-26)36(44)42(27-13-14-27)19-25-7-3-4-8-32(25)45-2/h3-4,7-12,15-16,26-27,31,40H,5-6,13-14,17-21H2,1-2H3/t26-,31-/m1/s1. The summed E-state index contributed by atoms with van der Waals surface area (Å²) in [6.07, 6.45) is 3.54. The summed E-state index contributed by atoms with van der Waals surface area (Å²) >= 11 is 0. The number of ether oxygens (including phenoxy) is 2. The van der Waals surface area contributed by atoms with Gasteiger partial charge in [0.15, 0.2) is 17.4 Å². The number of methoxy groups -OCH3 is 1. The van der Waals surface area contributed by atoms with Crippen LogP contribution >= 0.6 is 0 Å². The van der Waals surface area contributed by atoms with E-state index < -0.39 is 23.2 Å². The number of fused-ring (bicyclic) bond motifs is 2. The smallest absolute Gasteiger partial charge is 0.252 e. The molecule has 1 aliphatic carbocycles. The molecule has 2 bridgehead atoms. The lowest BCUT2D eigenvalue weighted by molar-refractivity contribution is -0.132. The van der Waals surface area contributed by atoms with Crippen molar-refractivity contribution in [1.82, 2.24) is 15.1 Å². The molecule has 6 rings (SSSR count). The number of nitrogens with zero attached hydrogens (tertiary/aromatic N) is 2. The van der Waals surface area contributed by atoms with Gasteiger partial charge in [-0.2, -0.15) is 4.39 Å². The van der Waals surface area contributed by atoms with Crippen LogP contribution in [-0.4, -0.2) is 66.5 Å². The van der Waals surface area contributed by atoms with Gasteiger partial charge in [-0.25, -0.2) is 8.78 Å². The van der Waals surface area contributed by atoms with Gasteiger partial charge >= 0.3 is 0 Å². The van der Waals surface area contributed by atoms with E-state index in [1.54, 1.807) is 14.0 Å². The van der Waals surface area contributed by atoms with Gasteiger partial charge in [-0.3, -0.25) is 9.59 Å². The Morgan fingerprint density at radius 2 is 1.72 bits per heavy atom. The fourth-order valence-electron chi connectivity index (χ4n) is 6.51. The predicted octanol–water partition coefficient (Wildman–Crippen LogP) is 5.66. The van der Waals surface area contributed by atoms with Crippen molar-refractivity contribution in [3.63, 3.8) is 0 Å². The molecule has 3 aromatic carbocycles. The first-order chi connectivity index (χ1) is 22.2. The molecule has 0 spiro atoms. The molecule has 0 unspecified atom stereocenters. The van der Waals surface area contributed by atoms with Crippen LogP contribution in [0.1, 0.15) is 49.3 Å². The molecule has 7 nitrogen and oxygen atoms in total. The number of carbonyl (C=O) groups is 2. The van der Waals surface area contributed by atoms with Crippen molar-refractivity contribution in [3.8, 4) is 11.5 Å². The molecule has 0 aromatic heterocycles. The first-order valence-corrected chi connectivity index (χ1v) is 15.8. The van der Waals surface area contributed by atoms with Gasteiger partial charge < -0.3 is 24.6 Å². The van der Waals surface area contributed by atoms with Crippen LogP contribution < -0.4 is 14.8 Å². The summed E-state index contributed by atoms with van der Waals surface area (Å²) in [5, 5.41) is 3.62. The van der Waals surface area contributed by atoms with E-state index in [0.717, 1.165) is 53.0 Å². The van der Waals surface area contributed by atoms with Crippen molar-refractivity contribution in [2.45, 2.75) is 63.7 Å². The summed E-state index contributed by atoms with van der Waals surface area (Å²) in [6, 6.07) is 17.2. The summed E-state index contributed by atoms with van der Waals surface area (Å²) in [5.41, 5.74) is 4.57. The number of rotatable bonds is 11. The molecule has 2 amide bonds. The van der Waals surface area contributed by atoms with Gasteiger partial charge in [0.2, 0.25) is 11.7 Å². The molecule has 2 heterocycles. The molecule has 2 aliphatic heterocycles. The average Bonchev–Trinajstić information content (AvgIpc) is 3.90. The van der Waals surface area contributed by atoms with E-state index >= 15 is 0 Å². The Morgan fingerprint density at radius 3 is 2.43 bits per heavy atom. The SMILES string of the molecule is COc1ccccc1CN(C(=O)C1=C(c2ccc(CCCOc3c(F)ccc(F)c3F)cc2)C[C@@H]2CN(C(C)=O)C[C@H]1N2)C1CC1. The number of piperazine rings is 1. The Balaban J connectivity index is 1.23. The van der Waals surface area contributed by atoms with Gasteiger partial charge in [0.25, 0.3) is 5.91 Å². The summed E-state index contributed by atoms with van der Waals surface area (Å²) in [5.74, 6) is -3.42. The highest BCUT2D eigenvalue weighted by Crippen LogP contribution is 2.38. The highest BCUT2D eigenvalue weighted by atomic mass is 19.2. The Kier molecular flexibility index (Phi) is 9.35. The van der Waals surface area contributed by atoms with Crippen molar-refractivity contribution in [2.24, 2.45) is 0 Å². The topological polar surface area (TPSA) is 71.1 Å². The molecule has 3 aliphatic rings. The molecule has 1 saturated carbocycles. The minimum absolute atomic E-state index is 0.00368. The van der Waals surface area contributed by atoms with Crippen LogP contribution in [0.4, 0.5) is 13.2 Å². The van der Waals surface area contributed by atoms with Crippen molar-refractivity contribution in [1.29, 1.82) is 0 Å². The number of carbonyl (C=O) groups excluding carboxylic acids is 2. The van der Waals surface area contributed by atoms with Gasteiger partial charge in [-0.1, -0.05) is 42.5 Å². The minimum Gasteiger partial charge on any atom is -0.496 e. The van der Waals surface area contributed by atoms with Crippen LogP contribution in [0, 0.1) is 17.5 Å². The molecular weight excluding hydrogens is 595 g/mol. The molecule has 2 fully saturated rings. The zero-order valence-corrected chi connectivity index (χ0v) is 26.0. The maximum absolute atomic E-state index is 14.6. The molecule has 242 valence electrons. The number of nitrogens with one attached hydrogen (secondary N) is 1. The van der Waals surface area contributed by atoms with Gasteiger partial charge in [0.05, 0.1) is 19.8 Å². The fraction of sp³-hybridized carbons (Fsp3) is 0.389. The monoisotopic (exact) mass is 633 g/mol. The second-order valence-electron chi connectivity index (χ2n) is 12.2. The molecule has 2 atom stereocenters. The minimum atomic E-state index is -1.33. The fourth-order valence-corrected chi connectivity index (χ4v) is 6.51. The third-order valence-corrected chi connectivity index (χ3v) is 9.02. The van der Waals surface area contributed by atoms with E-state index in [1.165, 1.54) is 0 Å².